The summed E-state index contributed by atoms with van der Waals surface area (Å²) in [5.74, 6) is -1.23. The quantitative estimate of drug-likeness (QED) is 0.140. The van der Waals surface area contributed by atoms with Crippen LogP contribution in [-0.2, 0) is 9.59 Å². The molecular formula is C30H26ClFN4O4S. The van der Waals surface area contributed by atoms with Gasteiger partial charge in [-0.15, -0.1) is 11.8 Å². The molecule has 3 amide bonds. The van der Waals surface area contributed by atoms with Crippen LogP contribution in [0.1, 0.15) is 35.0 Å². The number of nitrogens with one attached hydrogen (secondary N) is 3. The Kier molecular flexibility index (Phi) is 9.94. The minimum Gasteiger partial charge on any atom is -0.360 e. The fraction of sp³-hybridized carbons (Fsp3) is 0.133. The van der Waals surface area contributed by atoms with Crippen molar-refractivity contribution >= 4 is 58.7 Å². The average molecular weight is 593 g/mol. The molecule has 210 valence electrons. The highest BCUT2D eigenvalue weighted by molar-refractivity contribution is 8.00. The van der Waals surface area contributed by atoms with Crippen molar-refractivity contribution in [3.8, 4) is 0 Å². The summed E-state index contributed by atoms with van der Waals surface area (Å²) in [5.41, 5.74) is 0.462. The van der Waals surface area contributed by atoms with Gasteiger partial charge >= 0.3 is 0 Å². The van der Waals surface area contributed by atoms with Crippen LogP contribution in [0.4, 0.5) is 15.9 Å². The summed E-state index contributed by atoms with van der Waals surface area (Å²) < 4.78 is 19.6. The molecule has 4 aromatic rings. The fourth-order valence-corrected chi connectivity index (χ4v) is 4.93. The van der Waals surface area contributed by atoms with Gasteiger partial charge < -0.3 is 20.5 Å². The van der Waals surface area contributed by atoms with Gasteiger partial charge in [0, 0.05) is 27.8 Å². The number of benzene rings is 3. The largest absolute Gasteiger partial charge is 0.360 e. The van der Waals surface area contributed by atoms with Gasteiger partial charge in [0.25, 0.3) is 11.8 Å². The number of amides is 3. The first kappa shape index (κ1) is 29.6. The third kappa shape index (κ3) is 8.06. The second kappa shape index (κ2) is 13.8. The Labute approximate surface area is 245 Å². The molecule has 1 heterocycles. The van der Waals surface area contributed by atoms with Gasteiger partial charge in [0.1, 0.15) is 17.3 Å². The number of halogens is 2. The predicted octanol–water partition coefficient (Wildman–Crippen LogP) is 6.69. The first-order chi connectivity index (χ1) is 19.7. The number of hydrogen-bond acceptors (Lipinski definition) is 6. The van der Waals surface area contributed by atoms with E-state index < -0.39 is 22.9 Å². The molecule has 0 fully saturated rings. The van der Waals surface area contributed by atoms with Gasteiger partial charge in [-0.05, 0) is 61.9 Å². The summed E-state index contributed by atoms with van der Waals surface area (Å²) in [5, 5.41) is 11.5. The van der Waals surface area contributed by atoms with Crippen molar-refractivity contribution in [2.75, 3.05) is 10.6 Å². The average Bonchev–Trinajstić information content (AvgIpc) is 3.37. The van der Waals surface area contributed by atoms with Crippen molar-refractivity contribution in [3.63, 3.8) is 0 Å². The second-order valence-electron chi connectivity index (χ2n) is 8.82. The smallest absolute Gasteiger partial charge is 0.272 e. The van der Waals surface area contributed by atoms with Crippen molar-refractivity contribution in [1.29, 1.82) is 0 Å². The Hall–Kier alpha value is -4.41. The van der Waals surface area contributed by atoms with E-state index in [0.29, 0.717) is 29.2 Å². The summed E-state index contributed by atoms with van der Waals surface area (Å²) >= 11 is 7.49. The highest BCUT2D eigenvalue weighted by Gasteiger charge is 2.21. The Balaban J connectivity index is 1.53. The van der Waals surface area contributed by atoms with Crippen LogP contribution in [-0.4, -0.2) is 28.1 Å². The Morgan fingerprint density at radius 3 is 2.46 bits per heavy atom. The van der Waals surface area contributed by atoms with Crippen molar-refractivity contribution in [1.82, 2.24) is 10.5 Å². The molecule has 0 aliphatic carbocycles. The number of aromatic nitrogens is 1. The maximum atomic E-state index is 14.6. The molecule has 3 aromatic carbocycles. The fourth-order valence-electron chi connectivity index (χ4n) is 3.70. The molecule has 0 radical (unpaired) electrons. The third-order valence-electron chi connectivity index (χ3n) is 5.73. The number of nitrogens with zero attached hydrogens (tertiary/aromatic N) is 1. The zero-order valence-electron chi connectivity index (χ0n) is 22.1. The second-order valence-corrected chi connectivity index (χ2v) is 10.5. The molecule has 0 saturated carbocycles. The van der Waals surface area contributed by atoms with E-state index in [9.17, 15) is 18.8 Å². The van der Waals surface area contributed by atoms with Gasteiger partial charge in [-0.25, -0.2) is 4.39 Å². The van der Waals surface area contributed by atoms with Crippen LogP contribution in [0.15, 0.2) is 94.0 Å². The van der Waals surface area contributed by atoms with Gasteiger partial charge in [0.05, 0.1) is 10.3 Å². The number of thioether (sulfide) groups is 1. The number of carbonyl (C=O) groups excluding carboxylic acids is 3. The van der Waals surface area contributed by atoms with E-state index in [1.54, 1.807) is 61.5 Å². The molecule has 0 saturated heterocycles. The Morgan fingerprint density at radius 1 is 1.02 bits per heavy atom. The van der Waals surface area contributed by atoms with Crippen molar-refractivity contribution < 1.29 is 23.3 Å². The van der Waals surface area contributed by atoms with E-state index in [2.05, 4.69) is 21.1 Å². The van der Waals surface area contributed by atoms with Crippen molar-refractivity contribution in [2.45, 2.75) is 30.4 Å². The Bertz CT molecular complexity index is 1570. The SMILES string of the molecule is CCC(Sc1cccc(NC(=O)/C(=C\c2c(F)cccc2Cl)NC(=O)c2ccccc2)c1)C(=O)Nc1cc(C)on1. The van der Waals surface area contributed by atoms with Gasteiger partial charge in [-0.1, -0.05) is 54.0 Å². The van der Waals surface area contributed by atoms with E-state index in [0.717, 1.165) is 4.90 Å². The van der Waals surface area contributed by atoms with Gasteiger partial charge in [0.15, 0.2) is 5.82 Å². The van der Waals surface area contributed by atoms with Crippen LogP contribution in [0.2, 0.25) is 5.02 Å². The predicted molar refractivity (Wildman–Crippen MR) is 158 cm³/mol. The van der Waals surface area contributed by atoms with E-state index in [-0.39, 0.29) is 22.2 Å². The summed E-state index contributed by atoms with van der Waals surface area (Å²) in [6.07, 6.45) is 1.72. The highest BCUT2D eigenvalue weighted by Crippen LogP contribution is 2.29. The monoisotopic (exact) mass is 592 g/mol. The number of anilines is 2. The standard InChI is InChI=1S/C30H26ClFN4O4S/c1-3-26(30(39)35-27-15-18(2)40-36-27)41-21-12-7-11-20(16-21)33-29(38)25(17-22-23(31)13-8-14-24(22)32)34-28(37)19-9-5-4-6-10-19/h4-17,26H,3H2,1-2H3,(H,33,38)(H,34,37)(H,35,36,39)/b25-17+. The normalized spacial score (nSPS) is 12.0. The summed E-state index contributed by atoms with van der Waals surface area (Å²) in [6.45, 7) is 3.62. The number of hydrogen-bond donors (Lipinski definition) is 3. The molecule has 3 N–H and O–H groups in total. The molecule has 41 heavy (non-hydrogen) atoms. The lowest BCUT2D eigenvalue weighted by Crippen LogP contribution is -2.30. The van der Waals surface area contributed by atoms with Crippen LogP contribution < -0.4 is 16.0 Å². The first-order valence-corrected chi connectivity index (χ1v) is 13.8. The summed E-state index contributed by atoms with van der Waals surface area (Å²) in [6, 6.07) is 21.0. The number of carbonyl (C=O) groups is 3. The molecule has 0 spiro atoms. The van der Waals surface area contributed by atoms with E-state index >= 15 is 0 Å². The molecule has 8 nitrogen and oxygen atoms in total. The zero-order chi connectivity index (χ0) is 29.4. The molecule has 1 aromatic heterocycles. The van der Waals surface area contributed by atoms with E-state index in [4.69, 9.17) is 16.1 Å². The van der Waals surface area contributed by atoms with Crippen LogP contribution in [0.25, 0.3) is 6.08 Å². The van der Waals surface area contributed by atoms with Crippen LogP contribution in [0, 0.1) is 12.7 Å². The minimum atomic E-state index is -0.693. The summed E-state index contributed by atoms with van der Waals surface area (Å²) in [4.78, 5) is 39.7. The molecule has 0 aliphatic rings. The molecule has 1 unspecified atom stereocenters. The first-order valence-electron chi connectivity index (χ1n) is 12.6. The molecule has 4 rings (SSSR count). The number of rotatable bonds is 10. The topological polar surface area (TPSA) is 113 Å². The van der Waals surface area contributed by atoms with Gasteiger partial charge in [-0.2, -0.15) is 0 Å². The lowest BCUT2D eigenvalue weighted by Gasteiger charge is -2.15. The minimum absolute atomic E-state index is 0.0453. The van der Waals surface area contributed by atoms with Gasteiger partial charge in [0.2, 0.25) is 5.91 Å². The Morgan fingerprint density at radius 2 is 1.78 bits per heavy atom. The van der Waals surface area contributed by atoms with Crippen LogP contribution >= 0.6 is 23.4 Å². The maximum absolute atomic E-state index is 14.6. The number of aryl methyl sites for hydroxylation is 1. The molecule has 1 atom stereocenters. The van der Waals surface area contributed by atoms with E-state index in [1.807, 2.05) is 13.0 Å². The maximum Gasteiger partial charge on any atom is 0.272 e. The van der Waals surface area contributed by atoms with Gasteiger partial charge in [-0.3, -0.25) is 14.4 Å². The lowest BCUT2D eigenvalue weighted by atomic mass is 10.1. The van der Waals surface area contributed by atoms with Crippen LogP contribution in [0.5, 0.6) is 0 Å². The van der Waals surface area contributed by atoms with Crippen LogP contribution in [0.3, 0.4) is 0 Å². The molecular weight excluding hydrogens is 567 g/mol. The zero-order valence-corrected chi connectivity index (χ0v) is 23.7. The summed E-state index contributed by atoms with van der Waals surface area (Å²) in [7, 11) is 0. The lowest BCUT2D eigenvalue weighted by molar-refractivity contribution is -0.116. The van der Waals surface area contributed by atoms with Crippen molar-refractivity contribution in [2.24, 2.45) is 0 Å². The molecule has 0 aliphatic heterocycles. The molecule has 0 bridgehead atoms. The third-order valence-corrected chi connectivity index (χ3v) is 7.42. The van der Waals surface area contributed by atoms with Crippen molar-refractivity contribution in [3.05, 3.63) is 112 Å². The highest BCUT2D eigenvalue weighted by atomic mass is 35.5. The van der Waals surface area contributed by atoms with E-state index in [1.165, 1.54) is 36.0 Å². The molecule has 11 heteroatoms.